The number of carbonyl (C=O) groups is 1. The molecule has 0 heterocycles. The Kier molecular flexibility index (Phi) is 14.0. The zero-order valence-corrected chi connectivity index (χ0v) is 18.2. The summed E-state index contributed by atoms with van der Waals surface area (Å²) in [7, 11) is 0. The third-order valence-electron chi connectivity index (χ3n) is 3.66. The summed E-state index contributed by atoms with van der Waals surface area (Å²) in [6.07, 6.45) is 2.20. The van der Waals surface area contributed by atoms with Gasteiger partial charge in [0.15, 0.2) is 0 Å². The fourth-order valence-corrected chi connectivity index (χ4v) is 11.4. The maximum atomic E-state index is 11.7. The molecule has 0 aromatic heterocycles. The zero-order chi connectivity index (χ0) is 21.0. The molecule has 0 aliphatic rings. The molecule has 0 unspecified atom stereocenters. The first kappa shape index (κ1) is 28.0. The molecule has 10 heteroatoms. The zero-order valence-electron chi connectivity index (χ0n) is 15.3. The van der Waals surface area contributed by atoms with Crippen molar-refractivity contribution < 1.29 is 40.6 Å². The van der Waals surface area contributed by atoms with Gasteiger partial charge in [-0.05, 0) is 0 Å². The number of rotatable bonds is 11. The first-order chi connectivity index (χ1) is 11.8. The number of alkyl halides is 7. The average molecular weight is 503 g/mol. The monoisotopic (exact) mass is 504 g/mol. The molecule has 0 radical (unpaired) electrons. The van der Waals surface area contributed by atoms with Crippen molar-refractivity contribution in [3.8, 4) is 0 Å². The molecule has 2 nitrogen and oxygen atoms in total. The van der Waals surface area contributed by atoms with E-state index in [1.165, 1.54) is 38.5 Å². The van der Waals surface area contributed by atoms with E-state index in [0.29, 0.717) is 0 Å². The van der Waals surface area contributed by atoms with Crippen LogP contribution < -0.4 is 5.11 Å². The van der Waals surface area contributed by atoms with Crippen LogP contribution in [-0.4, -0.2) is 43.8 Å². The van der Waals surface area contributed by atoms with E-state index in [4.69, 9.17) is 0 Å². The smallest absolute Gasteiger partial charge is 0.460 e. The van der Waals surface area contributed by atoms with Crippen LogP contribution in [-0.2, 0) is 4.79 Å². The van der Waals surface area contributed by atoms with E-state index in [-0.39, 0.29) is 0 Å². The van der Waals surface area contributed by atoms with Crippen molar-refractivity contribution in [3.05, 3.63) is 0 Å². The van der Waals surface area contributed by atoms with Crippen LogP contribution in [0.25, 0.3) is 0 Å². The summed E-state index contributed by atoms with van der Waals surface area (Å²) in [5.74, 6) is -16.7. The molecule has 26 heavy (non-hydrogen) atoms. The Balaban J connectivity index is 0. The number of unbranched alkanes of at least 4 members (excludes halogenated alkanes) is 3. The number of carboxylic acids is 1. The first-order valence-electron chi connectivity index (χ1n) is 8.66. The van der Waals surface area contributed by atoms with Gasteiger partial charge in [-0.15, -0.1) is 0 Å². The van der Waals surface area contributed by atoms with E-state index >= 15 is 0 Å². The molecule has 0 aliphatic heterocycles. The quantitative estimate of drug-likeness (QED) is 0.278. The van der Waals surface area contributed by atoms with Crippen molar-refractivity contribution in [2.75, 3.05) is 0 Å². The molecule has 156 valence electrons. The van der Waals surface area contributed by atoms with E-state index in [1.807, 2.05) is 0 Å². The normalized spacial score (nSPS) is 12.4. The Hall–Kier alpha value is -0.221. The van der Waals surface area contributed by atoms with Crippen LogP contribution in [0.1, 0.15) is 59.3 Å². The predicted octanol–water partition coefficient (Wildman–Crippen LogP) is 5.45. The van der Waals surface area contributed by atoms with E-state index in [0.717, 1.165) is 0 Å². The number of aliphatic carboxylic acids is 1. The second kappa shape index (κ2) is 13.0. The molecule has 0 aromatic rings. The van der Waals surface area contributed by atoms with Crippen molar-refractivity contribution in [3.63, 3.8) is 0 Å². The standard InChI is InChI=1S/C4HF7O2.3C4H9.Sn/c5-2(6,1(12)13)3(7,8)4(9,10)11;3*1-3-4-2;/h(H,12,13);3*1,3-4H2,2H3;/q;;;;+1/p-1. The van der Waals surface area contributed by atoms with Crippen molar-refractivity contribution in [2.24, 2.45) is 0 Å². The van der Waals surface area contributed by atoms with Crippen molar-refractivity contribution in [1.29, 1.82) is 0 Å². The number of carbonyl (C=O) groups excluding carboxylic acids is 1. The molecule has 0 amide bonds. The van der Waals surface area contributed by atoms with Gasteiger partial charge in [0.05, 0.1) is 0 Å². The molecule has 0 spiro atoms. The Morgan fingerprint density at radius 3 is 1.23 bits per heavy atom. The molecule has 0 fully saturated rings. The molecule has 0 saturated heterocycles. The molecular weight excluding hydrogens is 476 g/mol. The van der Waals surface area contributed by atoms with E-state index in [1.54, 1.807) is 13.3 Å². The Bertz CT molecular complexity index is 368. The van der Waals surface area contributed by atoms with E-state index < -0.39 is 43.8 Å². The van der Waals surface area contributed by atoms with Gasteiger partial charge in [0.1, 0.15) is 5.97 Å². The van der Waals surface area contributed by atoms with Gasteiger partial charge in [-0.1, -0.05) is 0 Å². The molecular formula is C16H27F7O2Sn. The molecule has 0 bridgehead atoms. The predicted molar refractivity (Wildman–Crippen MR) is 85.9 cm³/mol. The molecule has 0 rings (SSSR count). The molecule has 0 N–H and O–H groups in total. The van der Waals surface area contributed by atoms with Crippen LogP contribution in [0.3, 0.4) is 0 Å². The second-order valence-corrected chi connectivity index (χ2v) is 14.6. The fraction of sp³-hybridized carbons (Fsp3) is 0.938. The maximum absolute atomic E-state index is 11.7. The second-order valence-electron chi connectivity index (χ2n) is 5.99. The summed E-state index contributed by atoms with van der Waals surface area (Å²) < 4.78 is 85.2. The molecule has 0 aliphatic carbocycles. The summed E-state index contributed by atoms with van der Waals surface area (Å²) in [6.45, 7) is 7.00. The van der Waals surface area contributed by atoms with Gasteiger partial charge in [0.2, 0.25) is 0 Å². The minimum absolute atomic E-state index is 0.839. The van der Waals surface area contributed by atoms with Crippen LogP contribution in [0.5, 0.6) is 0 Å². The topological polar surface area (TPSA) is 40.1 Å². The van der Waals surface area contributed by atoms with E-state index in [2.05, 4.69) is 20.8 Å². The molecule has 0 aromatic carbocycles. The largest absolute Gasteiger partial charge is 0.544 e. The maximum Gasteiger partial charge on any atom is 0.460 e. The van der Waals surface area contributed by atoms with Gasteiger partial charge < -0.3 is 9.90 Å². The van der Waals surface area contributed by atoms with Gasteiger partial charge in [-0.2, -0.15) is 30.7 Å². The molecule has 0 atom stereocenters. The van der Waals surface area contributed by atoms with Gasteiger partial charge in [-0.3, -0.25) is 0 Å². The van der Waals surface area contributed by atoms with Gasteiger partial charge in [0, 0.05) is 0 Å². The van der Waals surface area contributed by atoms with Crippen molar-refractivity contribution in [1.82, 2.24) is 0 Å². The van der Waals surface area contributed by atoms with Crippen molar-refractivity contribution in [2.45, 2.75) is 90.6 Å². The minimum Gasteiger partial charge on any atom is -0.544 e. The fourth-order valence-electron chi connectivity index (χ4n) is 1.96. The van der Waals surface area contributed by atoms with Gasteiger partial charge >= 0.3 is 110 Å². The third-order valence-corrected chi connectivity index (χ3v) is 12.7. The summed E-state index contributed by atoms with van der Waals surface area (Å²) >= 11 is -0.839. The Labute approximate surface area is 157 Å². The Morgan fingerprint density at radius 1 is 0.769 bits per heavy atom. The number of halogens is 7. The van der Waals surface area contributed by atoms with Gasteiger partial charge in [-0.25, -0.2) is 0 Å². The van der Waals surface area contributed by atoms with Gasteiger partial charge in [0.25, 0.3) is 0 Å². The first-order valence-corrected chi connectivity index (χ1v) is 14.7. The van der Waals surface area contributed by atoms with Crippen LogP contribution in [0.2, 0.25) is 13.3 Å². The minimum atomic E-state index is -6.64. The summed E-state index contributed by atoms with van der Waals surface area (Å²) in [4.78, 5) is 9.27. The SMILES string of the molecule is CCC[CH2][Sn+]([CH2]CCC)[CH2]CCC.O=C([O-])C(F)(F)C(F)(F)C(F)(F)F. The third kappa shape index (κ3) is 9.64. The summed E-state index contributed by atoms with van der Waals surface area (Å²) in [6, 6.07) is 0. The van der Waals surface area contributed by atoms with E-state index in [9.17, 15) is 40.6 Å². The van der Waals surface area contributed by atoms with Crippen LogP contribution >= 0.6 is 0 Å². The average Bonchev–Trinajstić information content (AvgIpc) is 2.53. The Morgan fingerprint density at radius 2 is 1.08 bits per heavy atom. The summed E-state index contributed by atoms with van der Waals surface area (Å²) in [5.41, 5.74) is 0. The van der Waals surface area contributed by atoms with Crippen LogP contribution in [0.15, 0.2) is 0 Å². The number of hydrogen-bond donors (Lipinski definition) is 0. The van der Waals surface area contributed by atoms with Crippen molar-refractivity contribution >= 4 is 25.7 Å². The molecule has 0 saturated carbocycles. The number of hydrogen-bond acceptors (Lipinski definition) is 2. The van der Waals surface area contributed by atoms with Crippen LogP contribution in [0, 0.1) is 0 Å². The summed E-state index contributed by atoms with van der Waals surface area (Å²) in [5, 5.41) is 9.27. The van der Waals surface area contributed by atoms with Crippen LogP contribution in [0.4, 0.5) is 30.7 Å². The number of carboxylic acid groups (broad SMARTS) is 1.